The van der Waals surface area contributed by atoms with Gasteiger partial charge in [-0.3, -0.25) is 10.1 Å². The van der Waals surface area contributed by atoms with E-state index in [4.69, 9.17) is 5.11 Å². The van der Waals surface area contributed by atoms with Crippen LogP contribution < -0.4 is 5.32 Å². The predicted molar refractivity (Wildman–Crippen MR) is 68.1 cm³/mol. The van der Waals surface area contributed by atoms with Crippen molar-refractivity contribution < 1.29 is 9.90 Å². The van der Waals surface area contributed by atoms with E-state index in [1.165, 1.54) is 0 Å². The first-order valence-electron chi connectivity index (χ1n) is 5.42. The maximum atomic E-state index is 10.9. The second-order valence-electron chi connectivity index (χ2n) is 4.06. The number of aromatic nitrogens is 1. The molecule has 2 atom stereocenters. The van der Waals surface area contributed by atoms with E-state index in [1.54, 1.807) is 11.8 Å². The molecule has 0 bridgehead atoms. The number of nitrogens with one attached hydrogen (secondary N) is 2. The molecule has 2 unspecified atom stereocenters. The zero-order valence-corrected chi connectivity index (χ0v) is 9.83. The van der Waals surface area contributed by atoms with Crippen LogP contribution in [0.25, 0.3) is 10.9 Å². The lowest BCUT2D eigenvalue weighted by molar-refractivity contribution is -0.138. The van der Waals surface area contributed by atoms with Gasteiger partial charge in [-0.25, -0.2) is 0 Å². The first-order valence-corrected chi connectivity index (χ1v) is 6.47. The number of aromatic amines is 1. The molecule has 1 saturated heterocycles. The van der Waals surface area contributed by atoms with E-state index in [2.05, 4.69) is 10.3 Å². The zero-order valence-electron chi connectivity index (χ0n) is 9.01. The molecular weight excluding hydrogens is 236 g/mol. The molecule has 0 saturated carbocycles. The number of carbonyl (C=O) groups is 1. The number of hydrogen-bond donors (Lipinski definition) is 3. The van der Waals surface area contributed by atoms with Gasteiger partial charge in [0.1, 0.15) is 6.04 Å². The Hall–Kier alpha value is -1.46. The Morgan fingerprint density at radius 3 is 3.06 bits per heavy atom. The molecular formula is C12H12N2O2S. The molecule has 2 heterocycles. The molecule has 1 aliphatic heterocycles. The maximum absolute atomic E-state index is 10.9. The maximum Gasteiger partial charge on any atom is 0.321 e. The molecule has 0 radical (unpaired) electrons. The van der Waals surface area contributed by atoms with E-state index in [0.717, 1.165) is 16.5 Å². The number of rotatable bonds is 2. The van der Waals surface area contributed by atoms with Crippen molar-refractivity contribution in [2.24, 2.45) is 0 Å². The number of hydrogen-bond acceptors (Lipinski definition) is 3. The van der Waals surface area contributed by atoms with E-state index >= 15 is 0 Å². The van der Waals surface area contributed by atoms with Crippen molar-refractivity contribution in [3.8, 4) is 0 Å². The van der Waals surface area contributed by atoms with Gasteiger partial charge in [0.2, 0.25) is 0 Å². The minimum atomic E-state index is -0.777. The van der Waals surface area contributed by atoms with Gasteiger partial charge in [0.15, 0.2) is 0 Å². The van der Waals surface area contributed by atoms with Gasteiger partial charge in [0, 0.05) is 22.9 Å². The smallest absolute Gasteiger partial charge is 0.321 e. The average molecular weight is 248 g/mol. The fourth-order valence-electron chi connectivity index (χ4n) is 2.13. The number of aliphatic carboxylic acids is 1. The molecule has 3 N–H and O–H groups in total. The van der Waals surface area contributed by atoms with Crippen LogP contribution >= 0.6 is 11.8 Å². The van der Waals surface area contributed by atoms with Crippen LogP contribution in [0, 0.1) is 0 Å². The SMILES string of the molecule is O=C(O)C1CSC(c2cccc3[nH]ccc23)N1. The van der Waals surface area contributed by atoms with Crippen LogP contribution in [0.3, 0.4) is 0 Å². The molecule has 1 fully saturated rings. The fraction of sp³-hybridized carbons (Fsp3) is 0.250. The molecule has 1 aromatic carbocycles. The van der Waals surface area contributed by atoms with Gasteiger partial charge in [0.05, 0.1) is 5.37 Å². The highest BCUT2D eigenvalue weighted by Gasteiger charge is 2.30. The van der Waals surface area contributed by atoms with E-state index < -0.39 is 12.0 Å². The van der Waals surface area contributed by atoms with Crippen LogP contribution in [0.1, 0.15) is 10.9 Å². The Bertz CT molecular complexity index is 566. The lowest BCUT2D eigenvalue weighted by Crippen LogP contribution is -2.33. The summed E-state index contributed by atoms with van der Waals surface area (Å²) in [7, 11) is 0. The first-order chi connectivity index (χ1) is 8.25. The van der Waals surface area contributed by atoms with Crippen molar-refractivity contribution in [1.29, 1.82) is 0 Å². The van der Waals surface area contributed by atoms with Crippen molar-refractivity contribution in [2.45, 2.75) is 11.4 Å². The Labute approximate surface area is 102 Å². The highest BCUT2D eigenvalue weighted by atomic mass is 32.2. The van der Waals surface area contributed by atoms with Crippen LogP contribution in [-0.2, 0) is 4.79 Å². The van der Waals surface area contributed by atoms with Gasteiger partial charge in [-0.15, -0.1) is 11.8 Å². The number of carboxylic acids is 1. The summed E-state index contributed by atoms with van der Waals surface area (Å²) in [5.41, 5.74) is 2.24. The van der Waals surface area contributed by atoms with Crippen molar-refractivity contribution in [3.63, 3.8) is 0 Å². The summed E-state index contributed by atoms with van der Waals surface area (Å²) >= 11 is 1.64. The van der Waals surface area contributed by atoms with Crippen LogP contribution in [0.4, 0.5) is 0 Å². The van der Waals surface area contributed by atoms with Crippen molar-refractivity contribution in [1.82, 2.24) is 10.3 Å². The molecule has 0 spiro atoms. The number of H-pyrrole nitrogens is 1. The van der Waals surface area contributed by atoms with E-state index in [-0.39, 0.29) is 5.37 Å². The number of carboxylic acid groups (broad SMARTS) is 1. The minimum Gasteiger partial charge on any atom is -0.480 e. The van der Waals surface area contributed by atoms with Gasteiger partial charge in [-0.1, -0.05) is 12.1 Å². The molecule has 1 aliphatic rings. The third kappa shape index (κ3) is 1.81. The highest BCUT2D eigenvalue weighted by molar-refractivity contribution is 7.99. The number of fused-ring (bicyclic) bond motifs is 1. The summed E-state index contributed by atoms with van der Waals surface area (Å²) in [6.07, 6.45) is 1.91. The van der Waals surface area contributed by atoms with E-state index in [0.29, 0.717) is 5.75 Å². The average Bonchev–Trinajstić information content (AvgIpc) is 2.97. The highest BCUT2D eigenvalue weighted by Crippen LogP contribution is 2.36. The van der Waals surface area contributed by atoms with Crippen molar-refractivity contribution in [2.75, 3.05) is 5.75 Å². The topological polar surface area (TPSA) is 65.1 Å². The molecule has 17 heavy (non-hydrogen) atoms. The molecule has 4 nitrogen and oxygen atoms in total. The Balaban J connectivity index is 1.95. The van der Waals surface area contributed by atoms with Gasteiger partial charge < -0.3 is 10.1 Å². The zero-order chi connectivity index (χ0) is 11.8. The second-order valence-corrected chi connectivity index (χ2v) is 5.20. The third-order valence-electron chi connectivity index (χ3n) is 2.99. The Kier molecular flexibility index (Phi) is 2.57. The van der Waals surface area contributed by atoms with Crippen molar-refractivity contribution >= 4 is 28.6 Å². The number of thioether (sulfide) groups is 1. The summed E-state index contributed by atoms with van der Waals surface area (Å²) in [6.45, 7) is 0. The molecule has 0 amide bonds. The fourth-order valence-corrected chi connectivity index (χ4v) is 3.40. The Morgan fingerprint density at radius 2 is 2.29 bits per heavy atom. The van der Waals surface area contributed by atoms with Crippen LogP contribution in [0.2, 0.25) is 0 Å². The van der Waals surface area contributed by atoms with Gasteiger partial charge in [-0.2, -0.15) is 0 Å². The van der Waals surface area contributed by atoms with Crippen LogP contribution in [0.5, 0.6) is 0 Å². The summed E-state index contributed by atoms with van der Waals surface area (Å²) in [5.74, 6) is -0.165. The van der Waals surface area contributed by atoms with Crippen molar-refractivity contribution in [3.05, 3.63) is 36.0 Å². The molecule has 2 aromatic rings. The quantitative estimate of drug-likeness (QED) is 0.760. The summed E-state index contributed by atoms with van der Waals surface area (Å²) in [5, 5.41) is 13.3. The predicted octanol–water partition coefficient (Wildman–Crippen LogP) is 1.96. The normalized spacial score (nSPS) is 24.2. The standard InChI is InChI=1S/C12H12N2O2S/c15-12(16)10-6-17-11(14-10)8-2-1-3-9-7(8)4-5-13-9/h1-5,10-11,13-14H,6H2,(H,15,16). The van der Waals surface area contributed by atoms with E-state index in [9.17, 15) is 4.79 Å². The lowest BCUT2D eigenvalue weighted by Gasteiger charge is -2.12. The summed E-state index contributed by atoms with van der Waals surface area (Å²) in [6, 6.07) is 7.64. The second kappa shape index (κ2) is 4.09. The van der Waals surface area contributed by atoms with E-state index in [1.807, 2.05) is 30.5 Å². The largest absolute Gasteiger partial charge is 0.480 e. The Morgan fingerprint density at radius 1 is 1.41 bits per heavy atom. The summed E-state index contributed by atoms with van der Waals surface area (Å²) < 4.78 is 0. The van der Waals surface area contributed by atoms with Crippen LogP contribution in [0.15, 0.2) is 30.5 Å². The van der Waals surface area contributed by atoms with Crippen LogP contribution in [-0.4, -0.2) is 27.9 Å². The molecule has 88 valence electrons. The lowest BCUT2D eigenvalue weighted by atomic mass is 10.1. The molecule has 3 rings (SSSR count). The minimum absolute atomic E-state index is 0.0654. The summed E-state index contributed by atoms with van der Waals surface area (Å²) in [4.78, 5) is 14.1. The van der Waals surface area contributed by atoms with Gasteiger partial charge in [0.25, 0.3) is 0 Å². The molecule has 0 aliphatic carbocycles. The molecule has 1 aromatic heterocycles. The third-order valence-corrected chi connectivity index (χ3v) is 4.24. The van der Waals surface area contributed by atoms with Gasteiger partial charge in [-0.05, 0) is 17.7 Å². The van der Waals surface area contributed by atoms with Gasteiger partial charge >= 0.3 is 5.97 Å². The first kappa shape index (κ1) is 10.7. The molecule has 5 heteroatoms. The number of benzene rings is 1. The monoisotopic (exact) mass is 248 g/mol.